The van der Waals surface area contributed by atoms with Crippen molar-refractivity contribution < 1.29 is 5.11 Å². The van der Waals surface area contributed by atoms with Crippen LogP contribution in [0.3, 0.4) is 0 Å². The van der Waals surface area contributed by atoms with Crippen LogP contribution in [0.4, 0.5) is 0 Å². The Morgan fingerprint density at radius 1 is 1.40 bits per heavy atom. The molecule has 5 heteroatoms. The first kappa shape index (κ1) is 13.5. The van der Waals surface area contributed by atoms with E-state index in [0.29, 0.717) is 6.04 Å². The second-order valence-corrected chi connectivity index (χ2v) is 5.97. The van der Waals surface area contributed by atoms with E-state index in [9.17, 15) is 5.11 Å². The number of pyridine rings is 1. The van der Waals surface area contributed by atoms with Crippen LogP contribution in [0.25, 0.3) is 11.0 Å². The number of hydrogen-bond donors (Lipinski definition) is 1. The lowest BCUT2D eigenvalue weighted by Crippen LogP contribution is -2.37. The van der Waals surface area contributed by atoms with Crippen molar-refractivity contribution >= 4 is 11.0 Å². The lowest BCUT2D eigenvalue weighted by atomic mass is 10.1. The quantitative estimate of drug-likeness (QED) is 0.929. The van der Waals surface area contributed by atoms with Gasteiger partial charge in [0.1, 0.15) is 0 Å². The molecule has 0 radical (unpaired) electrons. The van der Waals surface area contributed by atoms with Crippen LogP contribution in [-0.4, -0.2) is 44.0 Å². The fourth-order valence-corrected chi connectivity index (χ4v) is 2.88. The van der Waals surface area contributed by atoms with E-state index in [1.165, 1.54) is 5.56 Å². The van der Waals surface area contributed by atoms with Crippen LogP contribution < -0.4 is 0 Å². The molecule has 108 valence electrons. The average molecular weight is 274 g/mol. The van der Waals surface area contributed by atoms with Crippen LogP contribution in [0.2, 0.25) is 0 Å². The molecule has 0 aromatic carbocycles. The van der Waals surface area contributed by atoms with E-state index >= 15 is 0 Å². The molecule has 1 aliphatic rings. The van der Waals surface area contributed by atoms with Crippen LogP contribution >= 0.6 is 0 Å². The van der Waals surface area contributed by atoms with Crippen LogP contribution in [0, 0.1) is 0 Å². The standard InChI is InChI=1S/C15H22N4O/c1-11(2)19-15-13(8-17-19)6-12(7-16-15)9-18-5-3-4-14(20)10-18/h6-8,11,14,20H,3-5,9-10H2,1-2H3. The smallest absolute Gasteiger partial charge is 0.157 e. The van der Waals surface area contributed by atoms with Gasteiger partial charge in [-0.2, -0.15) is 5.10 Å². The lowest BCUT2D eigenvalue weighted by Gasteiger charge is -2.29. The first-order valence-electron chi connectivity index (χ1n) is 7.36. The lowest BCUT2D eigenvalue weighted by molar-refractivity contribution is 0.0668. The fraction of sp³-hybridized carbons (Fsp3) is 0.600. The minimum Gasteiger partial charge on any atom is -0.392 e. The first-order chi connectivity index (χ1) is 9.63. The highest BCUT2D eigenvalue weighted by Gasteiger charge is 2.18. The summed E-state index contributed by atoms with van der Waals surface area (Å²) in [6.45, 7) is 6.89. The molecule has 20 heavy (non-hydrogen) atoms. The number of rotatable bonds is 3. The number of nitrogens with zero attached hydrogens (tertiary/aromatic N) is 4. The van der Waals surface area contributed by atoms with Crippen molar-refractivity contribution in [3.8, 4) is 0 Å². The van der Waals surface area contributed by atoms with Crippen molar-refractivity contribution in [2.75, 3.05) is 13.1 Å². The molecule has 3 heterocycles. The van der Waals surface area contributed by atoms with E-state index in [0.717, 1.165) is 43.5 Å². The van der Waals surface area contributed by atoms with Gasteiger partial charge in [-0.25, -0.2) is 9.67 Å². The Morgan fingerprint density at radius 3 is 3.00 bits per heavy atom. The summed E-state index contributed by atoms with van der Waals surface area (Å²) in [6, 6.07) is 2.48. The van der Waals surface area contributed by atoms with Crippen LogP contribution in [0.15, 0.2) is 18.5 Å². The number of aromatic nitrogens is 3. The maximum atomic E-state index is 9.72. The van der Waals surface area contributed by atoms with Crippen molar-refractivity contribution in [3.05, 3.63) is 24.0 Å². The summed E-state index contributed by atoms with van der Waals surface area (Å²) in [7, 11) is 0. The van der Waals surface area contributed by atoms with E-state index in [2.05, 4.69) is 34.9 Å². The van der Waals surface area contributed by atoms with Crippen molar-refractivity contribution in [3.63, 3.8) is 0 Å². The fourth-order valence-electron chi connectivity index (χ4n) is 2.88. The SMILES string of the molecule is CC(C)n1ncc2cc(CN3CCCC(O)C3)cnc21. The minimum absolute atomic E-state index is 0.177. The van der Waals surface area contributed by atoms with Gasteiger partial charge in [0, 0.05) is 30.7 Å². The molecule has 0 spiro atoms. The number of aliphatic hydroxyl groups excluding tert-OH is 1. The molecule has 1 N–H and O–H groups in total. The molecule has 3 rings (SSSR count). The highest BCUT2D eigenvalue weighted by Crippen LogP contribution is 2.19. The van der Waals surface area contributed by atoms with Gasteiger partial charge >= 0.3 is 0 Å². The number of β-amino-alcohol motifs (C(OH)–C–C–N with tert-alkyl or cyclic N) is 1. The molecular weight excluding hydrogens is 252 g/mol. The molecule has 2 aromatic rings. The normalized spacial score (nSPS) is 20.9. The van der Waals surface area contributed by atoms with Crippen LogP contribution in [-0.2, 0) is 6.54 Å². The third-order valence-electron chi connectivity index (χ3n) is 3.87. The largest absolute Gasteiger partial charge is 0.392 e. The maximum Gasteiger partial charge on any atom is 0.157 e. The van der Waals surface area contributed by atoms with E-state index in [1.807, 2.05) is 17.1 Å². The average Bonchev–Trinajstić information content (AvgIpc) is 2.82. The van der Waals surface area contributed by atoms with Gasteiger partial charge in [0.05, 0.1) is 12.3 Å². The zero-order valence-corrected chi connectivity index (χ0v) is 12.2. The monoisotopic (exact) mass is 274 g/mol. The third kappa shape index (κ3) is 2.69. The Morgan fingerprint density at radius 2 is 2.25 bits per heavy atom. The Bertz CT molecular complexity index is 593. The van der Waals surface area contributed by atoms with Gasteiger partial charge < -0.3 is 5.11 Å². The molecular formula is C15H22N4O. The summed E-state index contributed by atoms with van der Waals surface area (Å²) in [6.07, 6.45) is 5.64. The molecule has 0 bridgehead atoms. The predicted octanol–water partition coefficient (Wildman–Crippen LogP) is 1.97. The molecule has 1 aliphatic heterocycles. The van der Waals surface area contributed by atoms with Crippen molar-refractivity contribution in [2.45, 2.75) is 45.4 Å². The summed E-state index contributed by atoms with van der Waals surface area (Å²) in [4.78, 5) is 6.85. The second-order valence-electron chi connectivity index (χ2n) is 5.97. The molecule has 1 unspecified atom stereocenters. The summed E-state index contributed by atoms with van der Waals surface area (Å²) in [5.74, 6) is 0. The zero-order chi connectivity index (χ0) is 14.1. The number of likely N-dealkylation sites (tertiary alicyclic amines) is 1. The predicted molar refractivity (Wildman–Crippen MR) is 78.4 cm³/mol. The van der Waals surface area contributed by atoms with Crippen molar-refractivity contribution in [1.82, 2.24) is 19.7 Å². The molecule has 1 fully saturated rings. The minimum atomic E-state index is -0.177. The van der Waals surface area contributed by atoms with E-state index in [1.54, 1.807) is 0 Å². The van der Waals surface area contributed by atoms with E-state index < -0.39 is 0 Å². The third-order valence-corrected chi connectivity index (χ3v) is 3.87. The highest BCUT2D eigenvalue weighted by atomic mass is 16.3. The molecule has 1 saturated heterocycles. The molecule has 5 nitrogen and oxygen atoms in total. The van der Waals surface area contributed by atoms with Crippen molar-refractivity contribution in [1.29, 1.82) is 0 Å². The van der Waals surface area contributed by atoms with Gasteiger partial charge in [0.2, 0.25) is 0 Å². The summed E-state index contributed by atoms with van der Waals surface area (Å²) in [5, 5.41) is 15.2. The topological polar surface area (TPSA) is 54.2 Å². The highest BCUT2D eigenvalue weighted by molar-refractivity contribution is 5.75. The molecule has 0 saturated carbocycles. The van der Waals surface area contributed by atoms with E-state index in [-0.39, 0.29) is 6.10 Å². The first-order valence-corrected chi connectivity index (χ1v) is 7.36. The molecule has 1 atom stereocenters. The van der Waals surface area contributed by atoms with Gasteiger partial charge in [-0.3, -0.25) is 4.90 Å². The molecule has 0 aliphatic carbocycles. The Hall–Kier alpha value is -1.46. The summed E-state index contributed by atoms with van der Waals surface area (Å²) in [5.41, 5.74) is 2.14. The number of hydrogen-bond acceptors (Lipinski definition) is 4. The maximum absolute atomic E-state index is 9.72. The van der Waals surface area contributed by atoms with E-state index in [4.69, 9.17) is 0 Å². The van der Waals surface area contributed by atoms with Crippen LogP contribution in [0.1, 0.15) is 38.3 Å². The summed E-state index contributed by atoms with van der Waals surface area (Å²) < 4.78 is 1.95. The Labute approximate surface area is 119 Å². The van der Waals surface area contributed by atoms with Crippen molar-refractivity contribution in [2.24, 2.45) is 0 Å². The van der Waals surface area contributed by atoms with Gasteiger partial charge in [-0.1, -0.05) is 0 Å². The van der Waals surface area contributed by atoms with Gasteiger partial charge in [-0.15, -0.1) is 0 Å². The van der Waals surface area contributed by atoms with Gasteiger partial charge in [-0.05, 0) is 44.9 Å². The van der Waals surface area contributed by atoms with Crippen LogP contribution in [0.5, 0.6) is 0 Å². The number of piperidine rings is 1. The Kier molecular flexibility index (Phi) is 3.72. The Balaban J connectivity index is 1.79. The molecule has 2 aromatic heterocycles. The number of fused-ring (bicyclic) bond motifs is 1. The van der Waals surface area contributed by atoms with Gasteiger partial charge in [0.25, 0.3) is 0 Å². The van der Waals surface area contributed by atoms with Gasteiger partial charge in [0.15, 0.2) is 5.65 Å². The molecule has 0 amide bonds. The zero-order valence-electron chi connectivity index (χ0n) is 12.2. The number of aliphatic hydroxyl groups is 1. The summed E-state index contributed by atoms with van der Waals surface area (Å²) >= 11 is 0. The second kappa shape index (κ2) is 5.50.